The van der Waals surface area contributed by atoms with Crippen molar-refractivity contribution in [3.63, 3.8) is 0 Å². The lowest BCUT2D eigenvalue weighted by molar-refractivity contribution is 0.385. The van der Waals surface area contributed by atoms with Crippen molar-refractivity contribution in [3.05, 3.63) is 53.7 Å². The minimum absolute atomic E-state index is 0.191. The molecule has 4 heteroatoms. The fraction of sp³-hybridized carbons (Fsp3) is 0.167. The number of furan rings is 1. The van der Waals surface area contributed by atoms with Gasteiger partial charge in [0.15, 0.2) is 11.6 Å². The highest BCUT2D eigenvalue weighted by molar-refractivity contribution is 5.36. The summed E-state index contributed by atoms with van der Waals surface area (Å²) >= 11 is 0. The number of ether oxygens (including phenoxy) is 1. The molecule has 1 atom stereocenters. The Morgan fingerprint density at radius 2 is 2.12 bits per heavy atom. The Hall–Kier alpha value is -1.81. The number of nitrogens with two attached hydrogens (primary N) is 1. The van der Waals surface area contributed by atoms with Crippen molar-refractivity contribution < 1.29 is 13.5 Å². The highest BCUT2D eigenvalue weighted by Gasteiger charge is 2.12. The van der Waals surface area contributed by atoms with Crippen molar-refractivity contribution >= 4 is 0 Å². The van der Waals surface area contributed by atoms with E-state index in [0.717, 1.165) is 11.1 Å². The standard InChI is InChI=1S/C12H12FNO2/c1-15-11-6-8(2-3-10(11)13)12(14)9-4-5-16-7-9/h2-7,12H,14H2,1H3. The average Bonchev–Trinajstić information content (AvgIpc) is 2.82. The van der Waals surface area contributed by atoms with Gasteiger partial charge in [-0.25, -0.2) is 4.39 Å². The van der Waals surface area contributed by atoms with Crippen LogP contribution in [0.3, 0.4) is 0 Å². The van der Waals surface area contributed by atoms with E-state index in [-0.39, 0.29) is 11.8 Å². The molecule has 0 aliphatic rings. The maximum Gasteiger partial charge on any atom is 0.165 e. The van der Waals surface area contributed by atoms with Crippen molar-refractivity contribution in [2.24, 2.45) is 5.73 Å². The van der Waals surface area contributed by atoms with Crippen molar-refractivity contribution in [2.75, 3.05) is 7.11 Å². The molecule has 16 heavy (non-hydrogen) atoms. The van der Waals surface area contributed by atoms with Crippen LogP contribution in [-0.4, -0.2) is 7.11 Å². The topological polar surface area (TPSA) is 48.4 Å². The quantitative estimate of drug-likeness (QED) is 0.866. The van der Waals surface area contributed by atoms with Gasteiger partial charge in [-0.05, 0) is 23.8 Å². The van der Waals surface area contributed by atoms with E-state index in [9.17, 15) is 4.39 Å². The third-order valence-corrected chi connectivity index (χ3v) is 2.44. The molecule has 0 saturated heterocycles. The smallest absolute Gasteiger partial charge is 0.165 e. The van der Waals surface area contributed by atoms with Crippen LogP contribution >= 0.6 is 0 Å². The normalized spacial score (nSPS) is 12.4. The average molecular weight is 221 g/mol. The fourth-order valence-electron chi connectivity index (χ4n) is 1.51. The summed E-state index contributed by atoms with van der Waals surface area (Å²) in [6.45, 7) is 0. The van der Waals surface area contributed by atoms with Gasteiger partial charge in [0.25, 0.3) is 0 Å². The van der Waals surface area contributed by atoms with E-state index in [4.69, 9.17) is 14.9 Å². The zero-order chi connectivity index (χ0) is 11.5. The lowest BCUT2D eigenvalue weighted by Crippen LogP contribution is -2.11. The van der Waals surface area contributed by atoms with E-state index in [2.05, 4.69) is 0 Å². The minimum atomic E-state index is -0.398. The highest BCUT2D eigenvalue weighted by atomic mass is 19.1. The second-order valence-electron chi connectivity index (χ2n) is 3.43. The molecule has 0 saturated carbocycles. The molecule has 2 N–H and O–H groups in total. The van der Waals surface area contributed by atoms with Gasteiger partial charge in [0.1, 0.15) is 0 Å². The van der Waals surface area contributed by atoms with Crippen LogP contribution in [0.5, 0.6) is 5.75 Å². The summed E-state index contributed by atoms with van der Waals surface area (Å²) in [5, 5.41) is 0. The summed E-state index contributed by atoms with van der Waals surface area (Å²) in [7, 11) is 1.42. The van der Waals surface area contributed by atoms with Gasteiger partial charge in [-0.3, -0.25) is 0 Å². The van der Waals surface area contributed by atoms with E-state index in [1.165, 1.54) is 13.2 Å². The maximum atomic E-state index is 13.2. The summed E-state index contributed by atoms with van der Waals surface area (Å²) < 4.78 is 23.0. The Morgan fingerprint density at radius 1 is 1.31 bits per heavy atom. The SMILES string of the molecule is COc1cc(C(N)c2ccoc2)ccc1F. The fourth-order valence-corrected chi connectivity index (χ4v) is 1.51. The van der Waals surface area contributed by atoms with Crippen LogP contribution in [0, 0.1) is 5.82 Å². The molecule has 0 amide bonds. The van der Waals surface area contributed by atoms with Crippen LogP contribution in [0.25, 0.3) is 0 Å². The molecule has 0 fully saturated rings. The Bertz CT molecular complexity index is 468. The molecule has 1 unspecified atom stereocenters. The molecule has 0 spiro atoms. The van der Waals surface area contributed by atoms with Crippen molar-refractivity contribution in [2.45, 2.75) is 6.04 Å². The molecule has 0 aliphatic carbocycles. The molecular weight excluding hydrogens is 209 g/mol. The molecule has 3 nitrogen and oxygen atoms in total. The number of hydrogen-bond acceptors (Lipinski definition) is 3. The second kappa shape index (κ2) is 4.37. The summed E-state index contributed by atoms with van der Waals surface area (Å²) in [5.41, 5.74) is 7.62. The first-order chi connectivity index (χ1) is 7.72. The Labute approximate surface area is 92.6 Å². The Kier molecular flexibility index (Phi) is 2.92. The van der Waals surface area contributed by atoms with Gasteiger partial charge in [0, 0.05) is 5.56 Å². The zero-order valence-corrected chi connectivity index (χ0v) is 8.81. The van der Waals surface area contributed by atoms with Crippen LogP contribution in [-0.2, 0) is 0 Å². The first kappa shape index (κ1) is 10.7. The Morgan fingerprint density at radius 3 is 2.75 bits per heavy atom. The summed E-state index contributed by atoms with van der Waals surface area (Å²) in [4.78, 5) is 0. The maximum absolute atomic E-state index is 13.2. The summed E-state index contributed by atoms with van der Waals surface area (Å²) in [6, 6.07) is 6.00. The lowest BCUT2D eigenvalue weighted by Gasteiger charge is -2.11. The predicted octanol–water partition coefficient (Wildman–Crippen LogP) is 2.48. The van der Waals surface area contributed by atoms with Gasteiger partial charge in [-0.2, -0.15) is 0 Å². The van der Waals surface area contributed by atoms with Crippen LogP contribution in [0.1, 0.15) is 17.2 Å². The Balaban J connectivity index is 2.34. The lowest BCUT2D eigenvalue weighted by atomic mass is 10.0. The molecular formula is C12H12FNO2. The summed E-state index contributed by atoms with van der Waals surface area (Å²) in [5.74, 6) is -0.206. The van der Waals surface area contributed by atoms with E-state index in [0.29, 0.717) is 0 Å². The van der Waals surface area contributed by atoms with E-state index in [1.807, 2.05) is 0 Å². The number of halogens is 1. The number of methoxy groups -OCH3 is 1. The first-order valence-electron chi connectivity index (χ1n) is 4.83. The minimum Gasteiger partial charge on any atom is -0.494 e. The third kappa shape index (κ3) is 1.92. The summed E-state index contributed by atoms with van der Waals surface area (Å²) in [6.07, 6.45) is 3.12. The van der Waals surface area contributed by atoms with Crippen molar-refractivity contribution in [1.82, 2.24) is 0 Å². The third-order valence-electron chi connectivity index (χ3n) is 2.44. The monoisotopic (exact) mass is 221 g/mol. The number of rotatable bonds is 3. The second-order valence-corrected chi connectivity index (χ2v) is 3.43. The van der Waals surface area contributed by atoms with Gasteiger partial charge in [0.05, 0.1) is 25.7 Å². The molecule has 0 radical (unpaired) electrons. The molecule has 84 valence electrons. The predicted molar refractivity (Wildman–Crippen MR) is 57.7 cm³/mol. The zero-order valence-electron chi connectivity index (χ0n) is 8.81. The van der Waals surface area contributed by atoms with E-state index >= 15 is 0 Å². The largest absolute Gasteiger partial charge is 0.494 e. The molecule has 1 aromatic heterocycles. The van der Waals surface area contributed by atoms with Gasteiger partial charge < -0.3 is 14.9 Å². The van der Waals surface area contributed by atoms with Gasteiger partial charge in [0.2, 0.25) is 0 Å². The van der Waals surface area contributed by atoms with Crippen LogP contribution in [0.2, 0.25) is 0 Å². The van der Waals surface area contributed by atoms with Gasteiger partial charge in [-0.1, -0.05) is 6.07 Å². The molecule has 2 rings (SSSR count). The number of hydrogen-bond donors (Lipinski definition) is 1. The van der Waals surface area contributed by atoms with Crippen molar-refractivity contribution in [1.29, 1.82) is 0 Å². The highest BCUT2D eigenvalue weighted by Crippen LogP contribution is 2.25. The van der Waals surface area contributed by atoms with E-state index in [1.54, 1.807) is 30.7 Å². The molecule has 1 heterocycles. The molecule has 0 bridgehead atoms. The van der Waals surface area contributed by atoms with Crippen LogP contribution < -0.4 is 10.5 Å². The van der Waals surface area contributed by atoms with Gasteiger partial charge in [-0.15, -0.1) is 0 Å². The molecule has 2 aromatic rings. The van der Waals surface area contributed by atoms with Crippen LogP contribution in [0.15, 0.2) is 41.2 Å². The number of benzene rings is 1. The van der Waals surface area contributed by atoms with Crippen molar-refractivity contribution in [3.8, 4) is 5.75 Å². The van der Waals surface area contributed by atoms with E-state index < -0.39 is 5.82 Å². The molecule has 0 aliphatic heterocycles. The molecule has 1 aromatic carbocycles. The first-order valence-corrected chi connectivity index (χ1v) is 4.83. The van der Waals surface area contributed by atoms with Gasteiger partial charge >= 0.3 is 0 Å². The van der Waals surface area contributed by atoms with Crippen LogP contribution in [0.4, 0.5) is 4.39 Å².